The second-order valence-electron chi connectivity index (χ2n) is 8.17. The number of aromatic amines is 2. The van der Waals surface area contributed by atoms with Crippen molar-refractivity contribution < 1.29 is 0 Å². The van der Waals surface area contributed by atoms with Gasteiger partial charge in [0.25, 0.3) is 5.56 Å². The third-order valence-corrected chi connectivity index (χ3v) is 6.14. The van der Waals surface area contributed by atoms with Gasteiger partial charge < -0.3 is 19.4 Å². The molecule has 0 saturated heterocycles. The van der Waals surface area contributed by atoms with Crippen LogP contribution in [0.4, 0.5) is 11.4 Å². The molecule has 0 atom stereocenters. The summed E-state index contributed by atoms with van der Waals surface area (Å²) in [5.41, 5.74) is 7.50. The van der Waals surface area contributed by atoms with Crippen molar-refractivity contribution in [2.45, 2.75) is 19.8 Å². The molecule has 6 rings (SSSR count). The molecule has 2 N–H and O–H groups in total. The van der Waals surface area contributed by atoms with E-state index in [9.17, 15) is 4.79 Å². The Morgan fingerprint density at radius 2 is 2.00 bits per heavy atom. The van der Waals surface area contributed by atoms with Crippen LogP contribution in [0.15, 0.2) is 72.2 Å². The molecule has 1 aliphatic heterocycles. The van der Waals surface area contributed by atoms with Crippen LogP contribution in [-0.2, 0) is 6.42 Å². The Hall–Kier alpha value is -4.13. The Bertz CT molecular complexity index is 1490. The van der Waals surface area contributed by atoms with Crippen molar-refractivity contribution in [2.24, 2.45) is 0 Å². The quantitative estimate of drug-likeness (QED) is 0.449. The van der Waals surface area contributed by atoms with E-state index in [1.54, 1.807) is 18.7 Å². The number of rotatable bonds is 3. The lowest BCUT2D eigenvalue weighted by atomic mass is 10.0. The molecule has 0 aliphatic carbocycles. The minimum Gasteiger partial charge on any atom is -0.340 e. The maximum atomic E-state index is 13.1. The molecule has 158 valence electrons. The van der Waals surface area contributed by atoms with Crippen LogP contribution < -0.4 is 10.5 Å². The number of nitrogens with one attached hydrogen (secondary N) is 2. The Kier molecular flexibility index (Phi) is 4.21. The van der Waals surface area contributed by atoms with Gasteiger partial charge in [0, 0.05) is 36.5 Å². The highest BCUT2D eigenvalue weighted by atomic mass is 16.1. The largest absolute Gasteiger partial charge is 0.340 e. The molecule has 1 aliphatic rings. The van der Waals surface area contributed by atoms with Gasteiger partial charge in [-0.05, 0) is 55.2 Å². The van der Waals surface area contributed by atoms with Gasteiger partial charge in [-0.25, -0.2) is 9.97 Å². The average Bonchev–Trinajstić information content (AvgIpc) is 3.49. The van der Waals surface area contributed by atoms with Gasteiger partial charge in [-0.1, -0.05) is 18.2 Å². The summed E-state index contributed by atoms with van der Waals surface area (Å²) < 4.78 is 1.96. The van der Waals surface area contributed by atoms with Crippen molar-refractivity contribution in [3.8, 4) is 17.1 Å². The van der Waals surface area contributed by atoms with Crippen molar-refractivity contribution in [1.82, 2.24) is 24.5 Å². The molecule has 0 amide bonds. The minimum atomic E-state index is -0.155. The highest BCUT2D eigenvalue weighted by Gasteiger charge is 2.24. The fourth-order valence-electron chi connectivity index (χ4n) is 4.66. The van der Waals surface area contributed by atoms with E-state index < -0.39 is 0 Å². The number of pyridine rings is 1. The molecule has 0 spiro atoms. The SMILES string of the molecule is Cc1cc(-n2ccnc2)cc2[nH]c(-c3c(N4CCCc5ccccc54)cc[nH]c3=O)nc12. The summed E-state index contributed by atoms with van der Waals surface area (Å²) in [4.78, 5) is 30.5. The highest BCUT2D eigenvalue weighted by Crippen LogP contribution is 2.37. The number of para-hydroxylation sites is 1. The van der Waals surface area contributed by atoms with E-state index in [1.165, 1.54) is 5.56 Å². The van der Waals surface area contributed by atoms with E-state index in [4.69, 9.17) is 4.98 Å². The lowest BCUT2D eigenvalue weighted by Gasteiger charge is -2.32. The van der Waals surface area contributed by atoms with Crippen molar-refractivity contribution in [2.75, 3.05) is 11.4 Å². The van der Waals surface area contributed by atoms with Crippen LogP contribution >= 0.6 is 0 Å². The van der Waals surface area contributed by atoms with Gasteiger partial charge in [0.2, 0.25) is 0 Å². The van der Waals surface area contributed by atoms with E-state index in [0.717, 1.165) is 53.0 Å². The van der Waals surface area contributed by atoms with E-state index in [1.807, 2.05) is 35.9 Å². The van der Waals surface area contributed by atoms with Crippen molar-refractivity contribution in [1.29, 1.82) is 0 Å². The summed E-state index contributed by atoms with van der Waals surface area (Å²) in [6.07, 6.45) is 9.23. The minimum absolute atomic E-state index is 0.155. The van der Waals surface area contributed by atoms with Gasteiger partial charge in [0.05, 0.1) is 23.0 Å². The normalized spacial score (nSPS) is 13.5. The standard InChI is InChI=1S/C25H22N6O/c1-16-13-18(30-12-10-26-15-30)14-19-23(16)29-24(28-19)22-21(8-9-27-25(22)32)31-11-4-6-17-5-2-3-7-20(17)31/h2-3,5,7-10,12-15H,4,6,11H2,1H3,(H,27,32)(H,28,29). The number of aromatic nitrogens is 5. The fraction of sp³-hybridized carbons (Fsp3) is 0.160. The number of hydrogen-bond acceptors (Lipinski definition) is 4. The van der Waals surface area contributed by atoms with E-state index in [2.05, 4.69) is 44.1 Å². The summed E-state index contributed by atoms with van der Waals surface area (Å²) >= 11 is 0. The van der Waals surface area contributed by atoms with Crippen LogP contribution in [0.2, 0.25) is 0 Å². The van der Waals surface area contributed by atoms with Crippen LogP contribution in [0.5, 0.6) is 0 Å². The van der Waals surface area contributed by atoms with Gasteiger partial charge in [-0.15, -0.1) is 0 Å². The zero-order chi connectivity index (χ0) is 21.7. The van der Waals surface area contributed by atoms with Gasteiger partial charge in [-0.3, -0.25) is 4.79 Å². The Morgan fingerprint density at radius 1 is 1.09 bits per heavy atom. The summed E-state index contributed by atoms with van der Waals surface area (Å²) in [7, 11) is 0. The predicted molar refractivity (Wildman–Crippen MR) is 126 cm³/mol. The molecule has 7 heteroatoms. The Labute approximate surface area is 184 Å². The van der Waals surface area contributed by atoms with Gasteiger partial charge in [-0.2, -0.15) is 0 Å². The van der Waals surface area contributed by atoms with Crippen LogP contribution in [-0.4, -0.2) is 31.0 Å². The number of benzene rings is 2. The molecule has 3 aromatic heterocycles. The van der Waals surface area contributed by atoms with Crippen molar-refractivity contribution in [3.63, 3.8) is 0 Å². The Morgan fingerprint density at radius 3 is 2.88 bits per heavy atom. The Balaban J connectivity index is 1.53. The highest BCUT2D eigenvalue weighted by molar-refractivity contribution is 5.88. The molecule has 0 bridgehead atoms. The first kappa shape index (κ1) is 18.6. The molecular weight excluding hydrogens is 400 g/mol. The van der Waals surface area contributed by atoms with Crippen molar-refractivity contribution >= 4 is 22.4 Å². The number of anilines is 2. The molecular formula is C25H22N6O. The number of imidazole rings is 2. The molecule has 7 nitrogen and oxygen atoms in total. The van der Waals surface area contributed by atoms with Crippen LogP contribution in [0.25, 0.3) is 28.1 Å². The zero-order valence-corrected chi connectivity index (χ0v) is 17.7. The lowest BCUT2D eigenvalue weighted by Crippen LogP contribution is -2.27. The third-order valence-electron chi connectivity index (χ3n) is 6.14. The van der Waals surface area contributed by atoms with Gasteiger partial charge in [0.15, 0.2) is 0 Å². The number of aryl methyl sites for hydroxylation is 2. The molecule has 4 heterocycles. The molecule has 0 unspecified atom stereocenters. The summed E-state index contributed by atoms with van der Waals surface area (Å²) in [5, 5.41) is 0. The summed E-state index contributed by atoms with van der Waals surface area (Å²) in [6.45, 7) is 2.89. The lowest BCUT2D eigenvalue weighted by molar-refractivity contribution is 0.766. The maximum absolute atomic E-state index is 13.1. The first-order chi connectivity index (χ1) is 15.7. The molecule has 0 saturated carbocycles. The molecule has 0 radical (unpaired) electrons. The monoisotopic (exact) mass is 422 g/mol. The van der Waals surface area contributed by atoms with Crippen LogP contribution in [0.1, 0.15) is 17.5 Å². The summed E-state index contributed by atoms with van der Waals surface area (Å²) in [6, 6.07) is 14.5. The maximum Gasteiger partial charge on any atom is 0.261 e. The average molecular weight is 422 g/mol. The molecule has 0 fully saturated rings. The van der Waals surface area contributed by atoms with E-state index in [0.29, 0.717) is 11.4 Å². The third kappa shape index (κ3) is 2.93. The molecule has 32 heavy (non-hydrogen) atoms. The second kappa shape index (κ2) is 7.23. The second-order valence-corrected chi connectivity index (χ2v) is 8.17. The fourth-order valence-corrected chi connectivity index (χ4v) is 4.66. The zero-order valence-electron chi connectivity index (χ0n) is 17.7. The summed E-state index contributed by atoms with van der Waals surface area (Å²) in [5.74, 6) is 0.575. The number of H-pyrrole nitrogens is 2. The number of nitrogens with zero attached hydrogens (tertiary/aromatic N) is 4. The molecule has 5 aromatic rings. The predicted octanol–water partition coefficient (Wildman–Crippen LogP) is 4.50. The smallest absolute Gasteiger partial charge is 0.261 e. The van der Waals surface area contributed by atoms with Gasteiger partial charge >= 0.3 is 0 Å². The van der Waals surface area contributed by atoms with Crippen LogP contribution in [0, 0.1) is 6.92 Å². The first-order valence-electron chi connectivity index (χ1n) is 10.8. The van der Waals surface area contributed by atoms with Gasteiger partial charge in [0.1, 0.15) is 11.4 Å². The number of fused-ring (bicyclic) bond motifs is 2. The van der Waals surface area contributed by atoms with Crippen LogP contribution in [0.3, 0.4) is 0 Å². The van der Waals surface area contributed by atoms with E-state index in [-0.39, 0.29) is 5.56 Å². The number of hydrogen-bond donors (Lipinski definition) is 2. The van der Waals surface area contributed by atoms with E-state index >= 15 is 0 Å². The molecule has 2 aromatic carbocycles. The topological polar surface area (TPSA) is 82.6 Å². The first-order valence-corrected chi connectivity index (χ1v) is 10.8. The van der Waals surface area contributed by atoms with Crippen molar-refractivity contribution in [3.05, 3.63) is 88.9 Å².